The summed E-state index contributed by atoms with van der Waals surface area (Å²) in [6, 6.07) is 3.09. The fourth-order valence-electron chi connectivity index (χ4n) is 1.94. The molecule has 2 rings (SSSR count). The van der Waals surface area contributed by atoms with Gasteiger partial charge >= 0.3 is 12.4 Å². The average molecular weight is 449 g/mol. The van der Waals surface area contributed by atoms with Crippen molar-refractivity contribution in [3.63, 3.8) is 0 Å². The first-order valence-electron chi connectivity index (χ1n) is 6.92. The molecule has 0 aliphatic rings. The van der Waals surface area contributed by atoms with Crippen molar-refractivity contribution in [2.75, 3.05) is 0 Å². The van der Waals surface area contributed by atoms with Crippen molar-refractivity contribution in [1.82, 2.24) is 3.87 Å². The van der Waals surface area contributed by atoms with E-state index >= 15 is 0 Å². The predicted molar refractivity (Wildman–Crippen MR) is 80.9 cm³/mol. The van der Waals surface area contributed by atoms with Gasteiger partial charge in [0.15, 0.2) is 0 Å². The van der Waals surface area contributed by atoms with E-state index in [2.05, 4.69) is 0 Å². The summed E-state index contributed by atoms with van der Waals surface area (Å²) in [6.07, 6.45) is -9.57. The Balaban J connectivity index is 2.41. The minimum Gasteiger partial charge on any atom is -0.285 e. The molecule has 0 heterocycles. The Morgan fingerprint density at radius 1 is 0.607 bits per heavy atom. The van der Waals surface area contributed by atoms with Gasteiger partial charge in [0.25, 0.3) is 20.0 Å². The molecule has 2 aromatic rings. The van der Waals surface area contributed by atoms with E-state index in [1.807, 2.05) is 0 Å². The Kier molecular flexibility index (Phi) is 5.55. The van der Waals surface area contributed by atoms with Gasteiger partial charge in [0.1, 0.15) is 0 Å². The van der Waals surface area contributed by atoms with E-state index in [1.165, 1.54) is 0 Å². The van der Waals surface area contributed by atoms with Gasteiger partial charge in [0.2, 0.25) is 0 Å². The van der Waals surface area contributed by atoms with Crippen LogP contribution in [0.3, 0.4) is 0 Å². The topological polar surface area (TPSA) is 91.8 Å². The molecule has 0 atom stereocenters. The molecule has 0 bridgehead atoms. The Bertz CT molecular complexity index is 972. The lowest BCUT2D eigenvalue weighted by Gasteiger charge is -2.16. The van der Waals surface area contributed by atoms with Crippen LogP contribution in [0.15, 0.2) is 58.3 Å². The molecule has 0 amide bonds. The highest BCUT2D eigenvalue weighted by atomic mass is 32.3. The van der Waals surface area contributed by atoms with Crippen molar-refractivity contribution >= 4 is 20.0 Å². The van der Waals surface area contributed by atoms with E-state index in [1.54, 1.807) is 0 Å². The largest absolute Gasteiger partial charge is 0.416 e. The minimum absolute atomic E-state index is 0.353. The molecule has 1 N–H and O–H groups in total. The van der Waals surface area contributed by atoms with Crippen LogP contribution in [0.5, 0.6) is 0 Å². The number of halogens is 6. The van der Waals surface area contributed by atoms with E-state index in [9.17, 15) is 48.4 Å². The molecule has 0 aromatic heterocycles. The van der Waals surface area contributed by atoms with E-state index < -0.39 is 57.2 Å². The molecule has 6 nitrogen and oxygen atoms in total. The molecule has 0 aliphatic carbocycles. The summed E-state index contributed by atoms with van der Waals surface area (Å²) in [4.78, 5) is -1.98. The Morgan fingerprint density at radius 2 is 0.857 bits per heavy atom. The zero-order valence-corrected chi connectivity index (χ0v) is 14.9. The van der Waals surface area contributed by atoms with E-state index in [0.717, 1.165) is 0 Å². The molecule has 2 aromatic carbocycles. The molecule has 0 aliphatic heterocycles. The van der Waals surface area contributed by atoms with Crippen molar-refractivity contribution in [1.29, 1.82) is 0 Å². The predicted octanol–water partition coefficient (Wildman–Crippen LogP) is 3.49. The van der Waals surface area contributed by atoms with Gasteiger partial charge in [-0.15, -0.1) is 0 Å². The number of alkyl halides is 6. The maximum atomic E-state index is 12.5. The fraction of sp³-hybridized carbons (Fsp3) is 0.143. The SMILES string of the molecule is O=S(=O)(c1ccc(C(F)(F)F)cc1)N(O)S(=O)(=O)c1ccc(C(F)(F)F)cc1. The standard InChI is InChI=1S/C14H9F6NO5S2/c15-13(16,17)9-1-5-11(6-2-9)27(23,24)21(22)28(25,26)12-7-3-10(4-8-12)14(18,19)20/h1-8,22H. The highest BCUT2D eigenvalue weighted by Crippen LogP contribution is 2.32. The van der Waals surface area contributed by atoms with Gasteiger partial charge in [-0.25, -0.2) is 16.8 Å². The van der Waals surface area contributed by atoms with Crippen molar-refractivity contribution < 1.29 is 48.4 Å². The molecule has 0 unspecified atom stereocenters. The van der Waals surface area contributed by atoms with Crippen molar-refractivity contribution in [2.24, 2.45) is 0 Å². The quantitative estimate of drug-likeness (QED) is 0.570. The molecular weight excluding hydrogens is 440 g/mol. The van der Waals surface area contributed by atoms with Gasteiger partial charge in [0.05, 0.1) is 20.9 Å². The number of nitrogens with zero attached hydrogens (tertiary/aromatic N) is 1. The van der Waals surface area contributed by atoms with Gasteiger partial charge in [-0.2, -0.15) is 26.3 Å². The first kappa shape index (κ1) is 22.1. The fourth-order valence-corrected chi connectivity index (χ4v) is 4.81. The molecule has 0 radical (unpaired) electrons. The van der Waals surface area contributed by atoms with Crippen LogP contribution >= 0.6 is 0 Å². The second kappa shape index (κ2) is 7.02. The Morgan fingerprint density at radius 3 is 1.07 bits per heavy atom. The normalized spacial score (nSPS) is 13.7. The molecule has 0 fully saturated rings. The number of hydrogen-bond donors (Lipinski definition) is 1. The Labute approximate surface area is 154 Å². The zero-order valence-electron chi connectivity index (χ0n) is 13.2. The summed E-state index contributed by atoms with van der Waals surface area (Å²) in [5.74, 6) is 0. The third-order valence-corrected chi connectivity index (χ3v) is 7.11. The third-order valence-electron chi connectivity index (χ3n) is 3.37. The van der Waals surface area contributed by atoms with Crippen LogP contribution in [-0.2, 0) is 32.4 Å². The minimum atomic E-state index is -5.23. The second-order valence-corrected chi connectivity index (χ2v) is 9.00. The monoisotopic (exact) mass is 449 g/mol. The van der Waals surface area contributed by atoms with Crippen LogP contribution in [0.1, 0.15) is 11.1 Å². The van der Waals surface area contributed by atoms with Gasteiger partial charge in [-0.3, -0.25) is 5.21 Å². The van der Waals surface area contributed by atoms with Crippen LogP contribution in [0.2, 0.25) is 0 Å². The summed E-state index contributed by atoms with van der Waals surface area (Å²) in [5.41, 5.74) is -2.44. The maximum absolute atomic E-state index is 12.5. The van der Waals surface area contributed by atoms with Crippen molar-refractivity contribution in [3.8, 4) is 0 Å². The van der Waals surface area contributed by atoms with E-state index in [-0.39, 0.29) is 0 Å². The first-order valence-corrected chi connectivity index (χ1v) is 9.80. The highest BCUT2D eigenvalue weighted by molar-refractivity contribution is 8.03. The van der Waals surface area contributed by atoms with Crippen LogP contribution < -0.4 is 0 Å². The van der Waals surface area contributed by atoms with Crippen molar-refractivity contribution in [2.45, 2.75) is 22.1 Å². The third kappa shape index (κ3) is 4.29. The molecule has 14 heteroatoms. The molecule has 28 heavy (non-hydrogen) atoms. The van der Waals surface area contributed by atoms with Crippen LogP contribution in [0, 0.1) is 0 Å². The lowest BCUT2D eigenvalue weighted by molar-refractivity contribution is -0.138. The lowest BCUT2D eigenvalue weighted by atomic mass is 10.2. The number of hydrogen-bond acceptors (Lipinski definition) is 5. The van der Waals surface area contributed by atoms with Crippen LogP contribution in [0.25, 0.3) is 0 Å². The maximum Gasteiger partial charge on any atom is 0.416 e. The molecule has 154 valence electrons. The zero-order chi connectivity index (χ0) is 21.5. The summed E-state index contributed by atoms with van der Waals surface area (Å²) >= 11 is 0. The van der Waals surface area contributed by atoms with Gasteiger partial charge < -0.3 is 0 Å². The smallest absolute Gasteiger partial charge is 0.285 e. The van der Waals surface area contributed by atoms with E-state index in [4.69, 9.17) is 0 Å². The number of sulfonamides is 2. The van der Waals surface area contributed by atoms with Gasteiger partial charge in [0, 0.05) is 3.87 Å². The average Bonchev–Trinajstić information content (AvgIpc) is 2.59. The molecule has 0 saturated heterocycles. The van der Waals surface area contributed by atoms with Gasteiger partial charge in [-0.1, -0.05) is 0 Å². The first-order chi connectivity index (χ1) is 12.6. The summed E-state index contributed by atoms with van der Waals surface area (Å²) in [6.45, 7) is 0. The van der Waals surface area contributed by atoms with Gasteiger partial charge in [-0.05, 0) is 48.5 Å². The number of rotatable bonds is 4. The van der Waals surface area contributed by atoms with Crippen molar-refractivity contribution in [3.05, 3.63) is 59.7 Å². The molecular formula is C14H9F6NO5S2. The summed E-state index contributed by atoms with van der Waals surface area (Å²) in [7, 11) is -10.5. The lowest BCUT2D eigenvalue weighted by Crippen LogP contribution is -2.34. The molecule has 0 saturated carbocycles. The van der Waals surface area contributed by atoms with Crippen LogP contribution in [0.4, 0.5) is 26.3 Å². The highest BCUT2D eigenvalue weighted by Gasteiger charge is 2.38. The number of benzene rings is 2. The summed E-state index contributed by atoms with van der Waals surface area (Å²) in [5, 5.41) is 9.68. The second-order valence-electron chi connectivity index (χ2n) is 5.23. The molecule has 0 spiro atoms. The van der Waals surface area contributed by atoms with Crippen LogP contribution in [-0.4, -0.2) is 25.9 Å². The Hall–Kier alpha value is -2.16. The van der Waals surface area contributed by atoms with E-state index in [0.29, 0.717) is 48.5 Å². The summed E-state index contributed by atoms with van der Waals surface area (Å²) < 4.78 is 123.